The molecule has 0 radical (unpaired) electrons. The van der Waals surface area contributed by atoms with Crippen molar-refractivity contribution in [2.75, 3.05) is 13.2 Å². The average Bonchev–Trinajstić information content (AvgIpc) is 2.50. The number of ether oxygens (including phenoxy) is 1. The van der Waals surface area contributed by atoms with Gasteiger partial charge >= 0.3 is 0 Å². The van der Waals surface area contributed by atoms with Crippen molar-refractivity contribution in [1.82, 2.24) is 0 Å². The van der Waals surface area contributed by atoms with Gasteiger partial charge in [-0.05, 0) is 36.6 Å². The zero-order chi connectivity index (χ0) is 14.2. The standard InChI is InChI=1S/C17H19ClO2/c18-17-11-5-4-10-16(17)14(13-19)7-6-12-20-15-8-2-1-3-9-15/h1-5,8-11,14,19H,6-7,12-13H2. The van der Waals surface area contributed by atoms with Crippen LogP contribution in [0.1, 0.15) is 24.3 Å². The summed E-state index contributed by atoms with van der Waals surface area (Å²) in [5, 5.41) is 10.2. The highest BCUT2D eigenvalue weighted by Crippen LogP contribution is 2.27. The molecule has 0 aliphatic carbocycles. The van der Waals surface area contributed by atoms with E-state index in [0.717, 1.165) is 29.2 Å². The molecule has 0 bridgehead atoms. The molecule has 0 aliphatic rings. The highest BCUT2D eigenvalue weighted by atomic mass is 35.5. The van der Waals surface area contributed by atoms with Crippen LogP contribution in [0.5, 0.6) is 5.75 Å². The van der Waals surface area contributed by atoms with Gasteiger partial charge in [-0.2, -0.15) is 0 Å². The molecular formula is C17H19ClO2. The second-order valence-electron chi connectivity index (χ2n) is 4.70. The first kappa shape index (κ1) is 14.9. The maximum Gasteiger partial charge on any atom is 0.119 e. The number of aliphatic hydroxyl groups is 1. The van der Waals surface area contributed by atoms with Crippen molar-refractivity contribution >= 4 is 11.6 Å². The summed E-state index contributed by atoms with van der Waals surface area (Å²) in [6.07, 6.45) is 1.73. The molecule has 0 amide bonds. The molecule has 0 fully saturated rings. The number of para-hydroxylation sites is 1. The highest BCUT2D eigenvalue weighted by Gasteiger charge is 2.13. The number of halogens is 1. The Hall–Kier alpha value is -1.51. The molecule has 0 heterocycles. The van der Waals surface area contributed by atoms with E-state index in [1.807, 2.05) is 54.6 Å². The summed E-state index contributed by atoms with van der Waals surface area (Å²) in [6.45, 7) is 0.750. The Morgan fingerprint density at radius 1 is 1.00 bits per heavy atom. The lowest BCUT2D eigenvalue weighted by Crippen LogP contribution is -2.07. The molecule has 0 aromatic heterocycles. The Balaban J connectivity index is 1.81. The van der Waals surface area contributed by atoms with Gasteiger partial charge in [-0.25, -0.2) is 0 Å². The van der Waals surface area contributed by atoms with Gasteiger partial charge < -0.3 is 9.84 Å². The predicted octanol–water partition coefficient (Wildman–Crippen LogP) is 4.28. The van der Waals surface area contributed by atoms with Crippen molar-refractivity contribution in [3.05, 3.63) is 65.2 Å². The van der Waals surface area contributed by atoms with Crippen LogP contribution in [0, 0.1) is 0 Å². The van der Waals surface area contributed by atoms with Gasteiger partial charge in [0, 0.05) is 17.5 Å². The fourth-order valence-electron chi connectivity index (χ4n) is 2.19. The Morgan fingerprint density at radius 2 is 1.70 bits per heavy atom. The molecule has 20 heavy (non-hydrogen) atoms. The lowest BCUT2D eigenvalue weighted by molar-refractivity contribution is 0.243. The summed E-state index contributed by atoms with van der Waals surface area (Å²) in [4.78, 5) is 0. The van der Waals surface area contributed by atoms with Crippen LogP contribution in [0.4, 0.5) is 0 Å². The molecule has 0 saturated carbocycles. The van der Waals surface area contributed by atoms with Crippen LogP contribution in [0.3, 0.4) is 0 Å². The normalized spacial score (nSPS) is 12.1. The van der Waals surface area contributed by atoms with E-state index in [1.54, 1.807) is 0 Å². The Labute approximate surface area is 125 Å². The maximum atomic E-state index is 9.52. The van der Waals surface area contributed by atoms with E-state index in [0.29, 0.717) is 6.61 Å². The molecule has 2 rings (SSSR count). The maximum absolute atomic E-state index is 9.52. The Morgan fingerprint density at radius 3 is 2.40 bits per heavy atom. The summed E-state index contributed by atoms with van der Waals surface area (Å²) >= 11 is 6.16. The third-order valence-electron chi connectivity index (χ3n) is 3.27. The second-order valence-corrected chi connectivity index (χ2v) is 5.11. The van der Waals surface area contributed by atoms with Crippen molar-refractivity contribution in [3.63, 3.8) is 0 Å². The fraction of sp³-hybridized carbons (Fsp3) is 0.294. The van der Waals surface area contributed by atoms with Gasteiger partial charge in [0.25, 0.3) is 0 Å². The molecule has 1 N–H and O–H groups in total. The summed E-state index contributed by atoms with van der Waals surface area (Å²) < 4.78 is 5.65. The van der Waals surface area contributed by atoms with Gasteiger partial charge in [0.2, 0.25) is 0 Å². The molecular weight excluding hydrogens is 272 g/mol. The van der Waals surface area contributed by atoms with Crippen LogP contribution in [0.15, 0.2) is 54.6 Å². The quantitative estimate of drug-likeness (QED) is 0.772. The van der Waals surface area contributed by atoms with Crippen LogP contribution >= 0.6 is 11.6 Å². The third-order valence-corrected chi connectivity index (χ3v) is 3.62. The SMILES string of the molecule is OCC(CCCOc1ccccc1)c1ccccc1Cl. The summed E-state index contributed by atoms with van der Waals surface area (Å²) in [6, 6.07) is 17.4. The summed E-state index contributed by atoms with van der Waals surface area (Å²) in [5.74, 6) is 0.953. The minimum absolute atomic E-state index is 0.0723. The molecule has 1 unspecified atom stereocenters. The first-order valence-corrected chi connectivity index (χ1v) is 7.22. The zero-order valence-corrected chi connectivity index (χ0v) is 12.1. The van der Waals surface area contributed by atoms with E-state index in [2.05, 4.69) is 0 Å². The Bertz CT molecular complexity index is 513. The van der Waals surface area contributed by atoms with Gasteiger partial charge in [0.05, 0.1) is 6.61 Å². The molecule has 2 aromatic rings. The zero-order valence-electron chi connectivity index (χ0n) is 11.3. The van der Waals surface area contributed by atoms with Crippen LogP contribution in [-0.2, 0) is 0 Å². The molecule has 3 heteroatoms. The van der Waals surface area contributed by atoms with Crippen molar-refractivity contribution in [2.24, 2.45) is 0 Å². The van der Waals surface area contributed by atoms with Gasteiger partial charge in [-0.3, -0.25) is 0 Å². The molecule has 2 nitrogen and oxygen atoms in total. The van der Waals surface area contributed by atoms with Crippen molar-refractivity contribution in [3.8, 4) is 5.75 Å². The van der Waals surface area contributed by atoms with E-state index >= 15 is 0 Å². The first-order valence-electron chi connectivity index (χ1n) is 6.84. The van der Waals surface area contributed by atoms with Crippen molar-refractivity contribution in [2.45, 2.75) is 18.8 Å². The number of hydrogen-bond donors (Lipinski definition) is 1. The molecule has 2 aromatic carbocycles. The van der Waals surface area contributed by atoms with Gasteiger partial charge in [-0.1, -0.05) is 48.0 Å². The molecule has 0 aliphatic heterocycles. The molecule has 1 atom stereocenters. The smallest absolute Gasteiger partial charge is 0.119 e. The van der Waals surface area contributed by atoms with E-state index in [1.165, 1.54) is 0 Å². The largest absolute Gasteiger partial charge is 0.494 e. The van der Waals surface area contributed by atoms with E-state index in [9.17, 15) is 5.11 Å². The summed E-state index contributed by atoms with van der Waals surface area (Å²) in [5.41, 5.74) is 1.01. The molecule has 0 spiro atoms. The number of rotatable bonds is 7. The fourth-order valence-corrected chi connectivity index (χ4v) is 2.48. The lowest BCUT2D eigenvalue weighted by Gasteiger charge is -2.16. The lowest BCUT2D eigenvalue weighted by atomic mass is 9.95. The number of benzene rings is 2. The van der Waals surface area contributed by atoms with Gasteiger partial charge in [0.15, 0.2) is 0 Å². The van der Waals surface area contributed by atoms with Crippen molar-refractivity contribution in [1.29, 1.82) is 0 Å². The first-order chi connectivity index (χ1) is 9.81. The Kier molecular flexibility index (Phi) is 5.90. The van der Waals surface area contributed by atoms with Crippen molar-refractivity contribution < 1.29 is 9.84 Å². The average molecular weight is 291 g/mol. The monoisotopic (exact) mass is 290 g/mol. The van der Waals surface area contributed by atoms with Gasteiger partial charge in [-0.15, -0.1) is 0 Å². The minimum Gasteiger partial charge on any atom is -0.494 e. The minimum atomic E-state index is 0.0723. The molecule has 106 valence electrons. The van der Waals surface area contributed by atoms with Gasteiger partial charge in [0.1, 0.15) is 5.75 Å². The summed E-state index contributed by atoms with van der Waals surface area (Å²) in [7, 11) is 0. The molecule has 0 saturated heterocycles. The topological polar surface area (TPSA) is 29.5 Å². The number of aliphatic hydroxyl groups excluding tert-OH is 1. The predicted molar refractivity (Wildman–Crippen MR) is 82.4 cm³/mol. The van der Waals surface area contributed by atoms with E-state index in [-0.39, 0.29) is 12.5 Å². The van der Waals surface area contributed by atoms with Crippen LogP contribution < -0.4 is 4.74 Å². The second kappa shape index (κ2) is 7.93. The van der Waals surface area contributed by atoms with Crippen LogP contribution in [-0.4, -0.2) is 18.3 Å². The third kappa shape index (κ3) is 4.26. The van der Waals surface area contributed by atoms with Crippen LogP contribution in [0.2, 0.25) is 5.02 Å². The van der Waals surface area contributed by atoms with Crippen LogP contribution in [0.25, 0.3) is 0 Å². The highest BCUT2D eigenvalue weighted by molar-refractivity contribution is 6.31. The number of hydrogen-bond acceptors (Lipinski definition) is 2. The van der Waals surface area contributed by atoms with E-state index < -0.39 is 0 Å². The van der Waals surface area contributed by atoms with E-state index in [4.69, 9.17) is 16.3 Å².